The topological polar surface area (TPSA) is 62.5 Å². The summed E-state index contributed by atoms with van der Waals surface area (Å²) in [5.41, 5.74) is 0. The molecule has 142 valence electrons. The van der Waals surface area contributed by atoms with E-state index in [1.807, 2.05) is 11.8 Å². The van der Waals surface area contributed by atoms with Crippen molar-refractivity contribution in [3.05, 3.63) is 11.8 Å². The fourth-order valence-corrected chi connectivity index (χ4v) is 3.52. The van der Waals surface area contributed by atoms with Crippen molar-refractivity contribution in [3.63, 3.8) is 0 Å². The Morgan fingerprint density at radius 2 is 1.76 bits per heavy atom. The normalized spacial score (nSPS) is 15.7. The molecule has 0 radical (unpaired) electrons. The lowest BCUT2D eigenvalue weighted by Gasteiger charge is -2.25. The second kappa shape index (κ2) is 10.5. The predicted octanol–water partition coefficient (Wildman–Crippen LogP) is 3.24. The van der Waals surface area contributed by atoms with E-state index in [0.717, 1.165) is 51.5 Å². The van der Waals surface area contributed by atoms with Gasteiger partial charge in [-0.25, -0.2) is 0 Å². The quantitative estimate of drug-likeness (QED) is 0.648. The van der Waals surface area contributed by atoms with Crippen LogP contribution in [0.25, 0.3) is 0 Å². The molecule has 1 aliphatic carbocycles. The number of aryl methyl sites for hydroxylation is 1. The molecule has 6 heteroatoms. The van der Waals surface area contributed by atoms with Crippen molar-refractivity contribution in [2.75, 3.05) is 32.7 Å². The molecule has 1 aliphatic rings. The third kappa shape index (κ3) is 6.10. The van der Waals surface area contributed by atoms with Gasteiger partial charge in [-0.05, 0) is 32.9 Å². The van der Waals surface area contributed by atoms with Crippen LogP contribution in [0.4, 0.5) is 0 Å². The summed E-state index contributed by atoms with van der Waals surface area (Å²) in [6.45, 7) is 10.9. The third-order valence-electron chi connectivity index (χ3n) is 5.30. The Balaban J connectivity index is 1.78. The van der Waals surface area contributed by atoms with Crippen molar-refractivity contribution >= 4 is 5.91 Å². The fourth-order valence-electron chi connectivity index (χ4n) is 3.52. The Hall–Kier alpha value is -1.43. The number of carbonyl (C=O) groups excluding carboxylic acids is 1. The maximum absolute atomic E-state index is 12.5. The van der Waals surface area contributed by atoms with Crippen molar-refractivity contribution in [3.8, 4) is 0 Å². The highest BCUT2D eigenvalue weighted by Gasteiger charge is 2.21. The zero-order valence-corrected chi connectivity index (χ0v) is 16.2. The van der Waals surface area contributed by atoms with E-state index in [4.69, 9.17) is 4.42 Å². The lowest BCUT2D eigenvalue weighted by atomic mass is 9.89. The Kier molecular flexibility index (Phi) is 8.38. The summed E-state index contributed by atoms with van der Waals surface area (Å²) in [5.74, 6) is 1.98. The summed E-state index contributed by atoms with van der Waals surface area (Å²) in [7, 11) is 0. The monoisotopic (exact) mass is 350 g/mol. The first-order valence-electron chi connectivity index (χ1n) is 10.00. The number of hydrogen-bond acceptors (Lipinski definition) is 5. The number of amides is 1. The molecular weight excluding hydrogens is 316 g/mol. The molecule has 0 spiro atoms. The minimum Gasteiger partial charge on any atom is -0.425 e. The number of aromatic nitrogens is 2. The Bertz CT molecular complexity index is 507. The SMILES string of the molecule is CCN(CC)CCN(CC)C(=O)CCc1nnc(C2CCCCC2)o1. The first-order chi connectivity index (χ1) is 12.2. The molecular formula is C19H34N4O2. The molecule has 1 fully saturated rings. The maximum Gasteiger partial charge on any atom is 0.223 e. The average Bonchev–Trinajstić information content (AvgIpc) is 3.13. The molecule has 1 aromatic heterocycles. The molecule has 1 aromatic rings. The molecule has 0 saturated heterocycles. The zero-order valence-electron chi connectivity index (χ0n) is 16.2. The smallest absolute Gasteiger partial charge is 0.223 e. The van der Waals surface area contributed by atoms with Crippen LogP contribution in [0.15, 0.2) is 4.42 Å². The lowest BCUT2D eigenvalue weighted by Crippen LogP contribution is -2.38. The second-order valence-corrected chi connectivity index (χ2v) is 6.87. The van der Waals surface area contributed by atoms with Crippen LogP contribution < -0.4 is 0 Å². The van der Waals surface area contributed by atoms with Crippen LogP contribution in [0.3, 0.4) is 0 Å². The number of rotatable bonds is 10. The molecule has 25 heavy (non-hydrogen) atoms. The minimum absolute atomic E-state index is 0.173. The van der Waals surface area contributed by atoms with E-state index in [9.17, 15) is 4.79 Å². The van der Waals surface area contributed by atoms with Gasteiger partial charge in [0.05, 0.1) is 0 Å². The zero-order chi connectivity index (χ0) is 18.1. The van der Waals surface area contributed by atoms with Crippen LogP contribution in [0.1, 0.15) is 77.0 Å². The van der Waals surface area contributed by atoms with Crippen molar-refractivity contribution < 1.29 is 9.21 Å². The number of hydrogen-bond donors (Lipinski definition) is 0. The van der Waals surface area contributed by atoms with E-state index in [0.29, 0.717) is 24.7 Å². The van der Waals surface area contributed by atoms with Crippen LogP contribution in [0.2, 0.25) is 0 Å². The predicted molar refractivity (Wildman–Crippen MR) is 98.5 cm³/mol. The third-order valence-corrected chi connectivity index (χ3v) is 5.30. The number of likely N-dealkylation sites (N-methyl/N-ethyl adjacent to an activating group) is 2. The van der Waals surface area contributed by atoms with E-state index in [1.165, 1.54) is 19.3 Å². The molecule has 0 aromatic carbocycles. The van der Waals surface area contributed by atoms with Gasteiger partial charge in [0.15, 0.2) is 0 Å². The van der Waals surface area contributed by atoms with Gasteiger partial charge in [-0.1, -0.05) is 33.1 Å². The molecule has 0 bridgehead atoms. The largest absolute Gasteiger partial charge is 0.425 e. The van der Waals surface area contributed by atoms with Crippen LogP contribution >= 0.6 is 0 Å². The van der Waals surface area contributed by atoms with Crippen LogP contribution in [-0.2, 0) is 11.2 Å². The van der Waals surface area contributed by atoms with Crippen LogP contribution in [-0.4, -0.2) is 58.6 Å². The lowest BCUT2D eigenvalue weighted by molar-refractivity contribution is -0.131. The molecule has 0 unspecified atom stereocenters. The molecule has 0 atom stereocenters. The van der Waals surface area contributed by atoms with Gasteiger partial charge in [0.1, 0.15) is 0 Å². The summed E-state index contributed by atoms with van der Waals surface area (Å²) in [4.78, 5) is 16.7. The van der Waals surface area contributed by atoms with E-state index >= 15 is 0 Å². The highest BCUT2D eigenvalue weighted by Crippen LogP contribution is 2.31. The van der Waals surface area contributed by atoms with Crippen molar-refractivity contribution in [1.82, 2.24) is 20.0 Å². The van der Waals surface area contributed by atoms with Gasteiger partial charge in [-0.3, -0.25) is 4.79 Å². The Morgan fingerprint density at radius 1 is 1.04 bits per heavy atom. The summed E-state index contributed by atoms with van der Waals surface area (Å²) < 4.78 is 5.82. The maximum atomic E-state index is 12.5. The van der Waals surface area contributed by atoms with E-state index in [-0.39, 0.29) is 5.91 Å². The molecule has 1 amide bonds. The summed E-state index contributed by atoms with van der Waals surface area (Å²) >= 11 is 0. The van der Waals surface area contributed by atoms with Gasteiger partial charge in [0.25, 0.3) is 0 Å². The molecule has 2 rings (SSSR count). The van der Waals surface area contributed by atoms with Gasteiger partial charge in [-0.15, -0.1) is 10.2 Å². The first-order valence-corrected chi connectivity index (χ1v) is 10.00. The minimum atomic E-state index is 0.173. The number of nitrogens with zero attached hydrogens (tertiary/aromatic N) is 4. The molecule has 6 nitrogen and oxygen atoms in total. The van der Waals surface area contributed by atoms with Crippen LogP contribution in [0.5, 0.6) is 0 Å². The van der Waals surface area contributed by atoms with Crippen molar-refractivity contribution in [2.24, 2.45) is 0 Å². The van der Waals surface area contributed by atoms with E-state index in [2.05, 4.69) is 28.9 Å². The van der Waals surface area contributed by atoms with Gasteiger partial charge in [0.2, 0.25) is 17.7 Å². The van der Waals surface area contributed by atoms with E-state index < -0.39 is 0 Å². The molecule has 0 aliphatic heterocycles. The van der Waals surface area contributed by atoms with E-state index in [1.54, 1.807) is 0 Å². The summed E-state index contributed by atoms with van der Waals surface area (Å²) in [5, 5.41) is 8.37. The fraction of sp³-hybridized carbons (Fsp3) is 0.842. The highest BCUT2D eigenvalue weighted by molar-refractivity contribution is 5.76. The molecule has 1 saturated carbocycles. The molecule has 1 heterocycles. The van der Waals surface area contributed by atoms with Crippen molar-refractivity contribution in [2.45, 2.75) is 71.6 Å². The van der Waals surface area contributed by atoms with Gasteiger partial charge in [0, 0.05) is 38.4 Å². The van der Waals surface area contributed by atoms with Gasteiger partial charge < -0.3 is 14.2 Å². The molecule has 0 N–H and O–H groups in total. The summed E-state index contributed by atoms with van der Waals surface area (Å²) in [6, 6.07) is 0. The Labute approximate surface area is 152 Å². The number of carbonyl (C=O) groups is 1. The van der Waals surface area contributed by atoms with Gasteiger partial charge in [-0.2, -0.15) is 0 Å². The summed E-state index contributed by atoms with van der Waals surface area (Å²) in [6.07, 6.45) is 7.09. The van der Waals surface area contributed by atoms with Crippen molar-refractivity contribution in [1.29, 1.82) is 0 Å². The van der Waals surface area contributed by atoms with Crippen LogP contribution in [0, 0.1) is 0 Å². The average molecular weight is 351 g/mol. The standard InChI is InChI=1S/C19H34N4O2/c1-4-22(5-2)14-15-23(6-3)18(24)13-12-17-20-21-19(25-17)16-10-8-7-9-11-16/h16H,4-15H2,1-3H3. The highest BCUT2D eigenvalue weighted by atomic mass is 16.4. The second-order valence-electron chi connectivity index (χ2n) is 6.87. The first kappa shape index (κ1) is 19.9. The Morgan fingerprint density at radius 3 is 2.40 bits per heavy atom. The van der Waals surface area contributed by atoms with Gasteiger partial charge >= 0.3 is 0 Å².